The maximum atomic E-state index is 13.9. The summed E-state index contributed by atoms with van der Waals surface area (Å²) in [5.41, 5.74) is 1.38. The third-order valence-electron chi connectivity index (χ3n) is 6.48. The molecule has 0 fully saturated rings. The monoisotopic (exact) mass is 601 g/mol. The molecule has 3 amide bonds. The minimum Gasteiger partial charge on any atom is -0.354 e. The number of amides is 3. The fourth-order valence-corrected chi connectivity index (χ4v) is 6.25. The Morgan fingerprint density at radius 1 is 0.925 bits per heavy atom. The molecule has 3 aromatic rings. The molecular formula is C29H29Cl2N3O5S. The van der Waals surface area contributed by atoms with E-state index in [2.05, 4.69) is 5.32 Å². The number of carbonyl (C=O) groups is 3. The van der Waals surface area contributed by atoms with Crippen molar-refractivity contribution >= 4 is 50.9 Å². The third-order valence-corrected chi connectivity index (χ3v) is 9.01. The Labute approximate surface area is 243 Å². The zero-order valence-corrected chi connectivity index (χ0v) is 24.3. The van der Waals surface area contributed by atoms with E-state index >= 15 is 0 Å². The van der Waals surface area contributed by atoms with Crippen molar-refractivity contribution in [3.05, 3.63) is 99.5 Å². The molecular weight excluding hydrogens is 573 g/mol. The summed E-state index contributed by atoms with van der Waals surface area (Å²) in [7, 11) is -4.24. The number of benzene rings is 3. The second-order valence-electron chi connectivity index (χ2n) is 9.93. The molecule has 0 radical (unpaired) electrons. The van der Waals surface area contributed by atoms with Gasteiger partial charge in [-0.25, -0.2) is 12.7 Å². The largest absolute Gasteiger partial charge is 0.354 e. The highest BCUT2D eigenvalue weighted by Gasteiger charge is 2.43. The van der Waals surface area contributed by atoms with Gasteiger partial charge in [0.1, 0.15) is 17.5 Å². The third kappa shape index (κ3) is 6.49. The molecule has 8 nitrogen and oxygen atoms in total. The second kappa shape index (κ2) is 12.4. The lowest BCUT2D eigenvalue weighted by molar-refractivity contribution is -0.141. The normalized spacial score (nSPS) is 14.6. The van der Waals surface area contributed by atoms with Gasteiger partial charge in [0.25, 0.3) is 15.9 Å². The fourth-order valence-electron chi connectivity index (χ4n) is 4.41. The van der Waals surface area contributed by atoms with Gasteiger partial charge in [-0.2, -0.15) is 0 Å². The maximum absolute atomic E-state index is 13.9. The molecule has 40 heavy (non-hydrogen) atoms. The first-order valence-corrected chi connectivity index (χ1v) is 14.9. The van der Waals surface area contributed by atoms with Crippen molar-refractivity contribution in [3.63, 3.8) is 0 Å². The van der Waals surface area contributed by atoms with Crippen molar-refractivity contribution < 1.29 is 22.8 Å². The summed E-state index contributed by atoms with van der Waals surface area (Å²) in [6, 6.07) is 18.8. The Kier molecular flexibility index (Phi) is 9.18. The Balaban J connectivity index is 1.72. The average Bonchev–Trinajstić information content (AvgIpc) is 3.12. The summed E-state index contributed by atoms with van der Waals surface area (Å²) in [4.78, 5) is 41.7. The number of sulfonamides is 1. The van der Waals surface area contributed by atoms with Gasteiger partial charge in [-0.3, -0.25) is 14.4 Å². The second-order valence-corrected chi connectivity index (χ2v) is 12.6. The molecule has 1 heterocycles. The minimum atomic E-state index is -4.24. The quantitative estimate of drug-likeness (QED) is 0.367. The van der Waals surface area contributed by atoms with E-state index in [1.807, 2.05) is 44.2 Å². The van der Waals surface area contributed by atoms with Gasteiger partial charge >= 0.3 is 0 Å². The fraction of sp³-hybridized carbons (Fsp3) is 0.276. The van der Waals surface area contributed by atoms with Crippen molar-refractivity contribution in [1.82, 2.24) is 14.5 Å². The first kappa shape index (κ1) is 29.6. The van der Waals surface area contributed by atoms with Crippen LogP contribution in [0.15, 0.2) is 77.7 Å². The van der Waals surface area contributed by atoms with Crippen LogP contribution in [-0.4, -0.2) is 54.5 Å². The van der Waals surface area contributed by atoms with Crippen LogP contribution >= 0.6 is 23.2 Å². The predicted octanol–water partition coefficient (Wildman–Crippen LogP) is 4.55. The van der Waals surface area contributed by atoms with E-state index in [0.717, 1.165) is 5.56 Å². The van der Waals surface area contributed by atoms with Crippen LogP contribution < -0.4 is 5.32 Å². The Morgan fingerprint density at radius 2 is 1.60 bits per heavy atom. The molecule has 1 N–H and O–H groups in total. The van der Waals surface area contributed by atoms with Crippen LogP contribution in [0.5, 0.6) is 0 Å². The minimum absolute atomic E-state index is 0.00171. The number of nitrogens with zero attached hydrogens (tertiary/aromatic N) is 2. The predicted molar refractivity (Wildman–Crippen MR) is 153 cm³/mol. The van der Waals surface area contributed by atoms with Crippen LogP contribution in [0.25, 0.3) is 0 Å². The lowest BCUT2D eigenvalue weighted by Crippen LogP contribution is -2.53. The van der Waals surface area contributed by atoms with Crippen molar-refractivity contribution in [1.29, 1.82) is 0 Å². The number of halogens is 2. The number of fused-ring (bicyclic) bond motifs is 1. The first-order valence-electron chi connectivity index (χ1n) is 12.7. The lowest BCUT2D eigenvalue weighted by Gasteiger charge is -2.32. The Morgan fingerprint density at radius 3 is 2.25 bits per heavy atom. The molecule has 4 rings (SSSR count). The van der Waals surface area contributed by atoms with Crippen LogP contribution in [-0.2, 0) is 32.6 Å². The molecule has 0 aliphatic carbocycles. The average molecular weight is 603 g/mol. The van der Waals surface area contributed by atoms with Crippen LogP contribution in [0, 0.1) is 5.92 Å². The molecule has 0 bridgehead atoms. The highest BCUT2D eigenvalue weighted by molar-refractivity contribution is 7.90. The van der Waals surface area contributed by atoms with Gasteiger partial charge in [0, 0.05) is 19.5 Å². The summed E-state index contributed by atoms with van der Waals surface area (Å²) in [5.74, 6) is -1.74. The van der Waals surface area contributed by atoms with Crippen molar-refractivity contribution in [2.75, 3.05) is 13.1 Å². The summed E-state index contributed by atoms with van der Waals surface area (Å²) in [6.45, 7) is 3.45. The lowest BCUT2D eigenvalue weighted by atomic mass is 10.0. The van der Waals surface area contributed by atoms with Gasteiger partial charge in [0.2, 0.25) is 11.8 Å². The van der Waals surface area contributed by atoms with E-state index in [1.165, 1.54) is 23.1 Å². The summed E-state index contributed by atoms with van der Waals surface area (Å²) in [5, 5.41) is 3.49. The molecule has 210 valence electrons. The van der Waals surface area contributed by atoms with E-state index in [1.54, 1.807) is 24.3 Å². The highest BCUT2D eigenvalue weighted by atomic mass is 35.5. The van der Waals surface area contributed by atoms with E-state index in [4.69, 9.17) is 23.2 Å². The number of hydrogen-bond donors (Lipinski definition) is 1. The summed E-state index contributed by atoms with van der Waals surface area (Å²) in [6.07, 6.45) is 0.165. The summed E-state index contributed by atoms with van der Waals surface area (Å²) < 4.78 is 26.9. The molecule has 0 unspecified atom stereocenters. The topological polar surface area (TPSA) is 104 Å². The van der Waals surface area contributed by atoms with E-state index in [0.29, 0.717) is 21.4 Å². The van der Waals surface area contributed by atoms with Gasteiger partial charge < -0.3 is 10.2 Å². The highest BCUT2D eigenvalue weighted by Crippen LogP contribution is 2.30. The number of rotatable bonds is 10. The first-order chi connectivity index (χ1) is 19.0. The Bertz CT molecular complexity index is 1530. The van der Waals surface area contributed by atoms with Gasteiger partial charge in [0.15, 0.2) is 0 Å². The molecule has 0 spiro atoms. The van der Waals surface area contributed by atoms with E-state index < -0.39 is 40.3 Å². The molecule has 3 aromatic carbocycles. The molecule has 1 aliphatic rings. The van der Waals surface area contributed by atoms with E-state index in [-0.39, 0.29) is 34.4 Å². The zero-order valence-electron chi connectivity index (χ0n) is 22.0. The molecule has 11 heteroatoms. The number of nitrogens with one attached hydrogen (secondary N) is 1. The summed E-state index contributed by atoms with van der Waals surface area (Å²) >= 11 is 12.3. The number of carbonyl (C=O) groups excluding carboxylic acids is 3. The zero-order chi connectivity index (χ0) is 29.0. The van der Waals surface area contributed by atoms with Gasteiger partial charge in [-0.05, 0) is 41.3 Å². The van der Waals surface area contributed by atoms with Crippen molar-refractivity contribution in [2.45, 2.75) is 37.8 Å². The molecule has 1 aliphatic heterocycles. The van der Waals surface area contributed by atoms with Crippen LogP contribution in [0.4, 0.5) is 0 Å². The molecule has 1 atom stereocenters. The standard InChI is InChI=1S/C29H29Cl2N3O5S/c1-19(2)16-32-28(36)25(15-20-8-4-3-5-9-20)33(17-21-12-13-23(30)24(31)14-21)27(35)18-34-29(37)22-10-6-7-11-26(22)40(34,38)39/h3-14,19,25H,15-18H2,1-2H3,(H,32,36)/t25-/m0/s1. The van der Waals surface area contributed by atoms with Crippen molar-refractivity contribution in [2.24, 2.45) is 5.92 Å². The van der Waals surface area contributed by atoms with Crippen LogP contribution in [0.1, 0.15) is 35.3 Å². The number of hydrogen-bond acceptors (Lipinski definition) is 5. The maximum Gasteiger partial charge on any atom is 0.269 e. The molecule has 0 aromatic heterocycles. The van der Waals surface area contributed by atoms with Gasteiger partial charge in [-0.1, -0.05) is 85.6 Å². The molecule has 0 saturated heterocycles. The van der Waals surface area contributed by atoms with Crippen LogP contribution in [0.2, 0.25) is 10.0 Å². The van der Waals surface area contributed by atoms with Gasteiger partial charge in [0.05, 0.1) is 15.6 Å². The smallest absolute Gasteiger partial charge is 0.269 e. The van der Waals surface area contributed by atoms with E-state index in [9.17, 15) is 22.8 Å². The van der Waals surface area contributed by atoms with Gasteiger partial charge in [-0.15, -0.1) is 0 Å². The Hall–Kier alpha value is -3.40. The van der Waals surface area contributed by atoms with Crippen LogP contribution in [0.3, 0.4) is 0 Å². The SMILES string of the molecule is CC(C)CNC(=O)[C@H](Cc1ccccc1)N(Cc1ccc(Cl)c(Cl)c1)C(=O)CN1C(=O)c2ccccc2S1(=O)=O. The van der Waals surface area contributed by atoms with Crippen molar-refractivity contribution in [3.8, 4) is 0 Å². The molecule has 0 saturated carbocycles.